The molecular formula is C20H23N3O. The fourth-order valence-electron chi connectivity index (χ4n) is 2.59. The zero-order valence-electron chi connectivity index (χ0n) is 14.2. The van der Waals surface area contributed by atoms with Crippen LogP contribution >= 0.6 is 0 Å². The second-order valence-electron chi connectivity index (χ2n) is 5.75. The SMILES string of the molecule is CCNCc1[nH]nc(-c2ccc(OCc3ccccc3)cc2)c1C. The molecule has 0 aliphatic rings. The molecule has 3 rings (SSSR count). The quantitative estimate of drug-likeness (QED) is 0.689. The number of rotatable bonds is 7. The van der Waals surface area contributed by atoms with Gasteiger partial charge < -0.3 is 10.1 Å². The number of nitrogens with one attached hydrogen (secondary N) is 2. The molecule has 0 aliphatic carbocycles. The van der Waals surface area contributed by atoms with E-state index in [1.54, 1.807) is 0 Å². The molecule has 2 N–H and O–H groups in total. The van der Waals surface area contributed by atoms with Gasteiger partial charge in [0.05, 0.1) is 11.4 Å². The zero-order chi connectivity index (χ0) is 16.8. The first-order valence-electron chi connectivity index (χ1n) is 8.29. The summed E-state index contributed by atoms with van der Waals surface area (Å²) in [4.78, 5) is 0. The second kappa shape index (κ2) is 7.79. The summed E-state index contributed by atoms with van der Waals surface area (Å²) >= 11 is 0. The molecule has 0 bridgehead atoms. The Hall–Kier alpha value is -2.59. The first kappa shape index (κ1) is 16.3. The van der Waals surface area contributed by atoms with E-state index < -0.39 is 0 Å². The Morgan fingerprint density at radius 1 is 1.04 bits per heavy atom. The third-order valence-electron chi connectivity index (χ3n) is 4.04. The van der Waals surface area contributed by atoms with E-state index in [2.05, 4.69) is 53.6 Å². The van der Waals surface area contributed by atoms with E-state index in [0.29, 0.717) is 6.61 Å². The fraction of sp³-hybridized carbons (Fsp3) is 0.250. The van der Waals surface area contributed by atoms with E-state index in [-0.39, 0.29) is 0 Å². The molecule has 0 amide bonds. The molecular weight excluding hydrogens is 298 g/mol. The second-order valence-corrected chi connectivity index (χ2v) is 5.75. The lowest BCUT2D eigenvalue weighted by Gasteiger charge is -2.07. The molecule has 3 aromatic rings. The van der Waals surface area contributed by atoms with E-state index in [1.807, 2.05) is 30.3 Å². The zero-order valence-corrected chi connectivity index (χ0v) is 14.2. The summed E-state index contributed by atoms with van der Waals surface area (Å²) in [6.07, 6.45) is 0. The van der Waals surface area contributed by atoms with Crippen LogP contribution in [-0.2, 0) is 13.2 Å². The van der Waals surface area contributed by atoms with Gasteiger partial charge in [0.15, 0.2) is 0 Å². The standard InChI is InChI=1S/C20H23N3O/c1-3-21-13-19-15(2)20(23-22-19)17-9-11-18(12-10-17)24-14-16-7-5-4-6-8-16/h4-12,21H,3,13-14H2,1-2H3,(H,22,23). The van der Waals surface area contributed by atoms with Crippen molar-refractivity contribution >= 4 is 0 Å². The molecule has 0 radical (unpaired) electrons. The van der Waals surface area contributed by atoms with Crippen LogP contribution in [0.2, 0.25) is 0 Å². The van der Waals surface area contributed by atoms with E-state index in [4.69, 9.17) is 4.74 Å². The van der Waals surface area contributed by atoms with Crippen molar-refractivity contribution in [1.29, 1.82) is 0 Å². The summed E-state index contributed by atoms with van der Waals surface area (Å²) in [5.41, 5.74) is 5.58. The van der Waals surface area contributed by atoms with Crippen LogP contribution in [0.4, 0.5) is 0 Å². The monoisotopic (exact) mass is 321 g/mol. The van der Waals surface area contributed by atoms with Gasteiger partial charge in [-0.2, -0.15) is 5.10 Å². The molecule has 4 heteroatoms. The number of benzene rings is 2. The van der Waals surface area contributed by atoms with Gasteiger partial charge in [0.1, 0.15) is 12.4 Å². The van der Waals surface area contributed by atoms with Gasteiger partial charge in [-0.25, -0.2) is 0 Å². The average Bonchev–Trinajstić information content (AvgIpc) is 3.00. The van der Waals surface area contributed by atoms with E-state index >= 15 is 0 Å². The summed E-state index contributed by atoms with van der Waals surface area (Å²) in [5.74, 6) is 0.865. The summed E-state index contributed by atoms with van der Waals surface area (Å²) in [6, 6.07) is 18.3. The van der Waals surface area contributed by atoms with Gasteiger partial charge in [-0.1, -0.05) is 37.3 Å². The number of nitrogens with zero attached hydrogens (tertiary/aromatic N) is 1. The van der Waals surface area contributed by atoms with Gasteiger partial charge in [0.25, 0.3) is 0 Å². The molecule has 1 heterocycles. The maximum absolute atomic E-state index is 5.83. The highest BCUT2D eigenvalue weighted by Crippen LogP contribution is 2.25. The Morgan fingerprint density at radius 2 is 1.79 bits per heavy atom. The van der Waals surface area contributed by atoms with Gasteiger partial charge in [0.2, 0.25) is 0 Å². The molecule has 0 atom stereocenters. The molecule has 0 aliphatic heterocycles. The fourth-order valence-corrected chi connectivity index (χ4v) is 2.59. The van der Waals surface area contributed by atoms with Crippen molar-refractivity contribution in [2.45, 2.75) is 27.0 Å². The van der Waals surface area contributed by atoms with Crippen LogP contribution in [-0.4, -0.2) is 16.7 Å². The molecule has 2 aromatic carbocycles. The highest BCUT2D eigenvalue weighted by molar-refractivity contribution is 5.64. The van der Waals surface area contributed by atoms with Gasteiger partial charge >= 0.3 is 0 Å². The summed E-state index contributed by atoms with van der Waals surface area (Å²) < 4.78 is 5.83. The topological polar surface area (TPSA) is 49.9 Å². The predicted molar refractivity (Wildman–Crippen MR) is 96.9 cm³/mol. The third-order valence-corrected chi connectivity index (χ3v) is 4.04. The van der Waals surface area contributed by atoms with Crippen molar-refractivity contribution in [1.82, 2.24) is 15.5 Å². The molecule has 0 saturated heterocycles. The highest BCUT2D eigenvalue weighted by Gasteiger charge is 2.10. The Kier molecular flexibility index (Phi) is 5.29. The minimum Gasteiger partial charge on any atom is -0.489 e. The highest BCUT2D eigenvalue weighted by atomic mass is 16.5. The van der Waals surface area contributed by atoms with Crippen molar-refractivity contribution in [3.63, 3.8) is 0 Å². The summed E-state index contributed by atoms with van der Waals surface area (Å²) in [6.45, 7) is 6.54. The largest absolute Gasteiger partial charge is 0.489 e. The number of H-pyrrole nitrogens is 1. The van der Waals surface area contributed by atoms with Crippen LogP contribution in [0.15, 0.2) is 54.6 Å². The third kappa shape index (κ3) is 3.84. The van der Waals surface area contributed by atoms with Crippen LogP contribution < -0.4 is 10.1 Å². The van der Waals surface area contributed by atoms with E-state index in [9.17, 15) is 0 Å². The Labute approximate surface area is 142 Å². The van der Waals surface area contributed by atoms with Gasteiger partial charge in [-0.3, -0.25) is 5.10 Å². The minimum absolute atomic E-state index is 0.578. The lowest BCUT2D eigenvalue weighted by Crippen LogP contribution is -2.12. The van der Waals surface area contributed by atoms with Crippen molar-refractivity contribution in [3.05, 3.63) is 71.4 Å². The van der Waals surface area contributed by atoms with Gasteiger partial charge in [0, 0.05) is 12.1 Å². The van der Waals surface area contributed by atoms with Gasteiger partial charge in [-0.05, 0) is 48.9 Å². The summed E-state index contributed by atoms with van der Waals surface area (Å²) in [5, 5.41) is 10.9. The van der Waals surface area contributed by atoms with Crippen molar-refractivity contribution < 1.29 is 4.74 Å². The molecule has 24 heavy (non-hydrogen) atoms. The normalized spacial score (nSPS) is 10.8. The smallest absolute Gasteiger partial charge is 0.119 e. The molecule has 1 aromatic heterocycles. The number of hydrogen-bond donors (Lipinski definition) is 2. The lowest BCUT2D eigenvalue weighted by molar-refractivity contribution is 0.306. The number of aromatic nitrogens is 2. The van der Waals surface area contributed by atoms with Crippen LogP contribution in [0.3, 0.4) is 0 Å². The predicted octanol–water partition coefficient (Wildman–Crippen LogP) is 4.07. The van der Waals surface area contributed by atoms with Crippen molar-refractivity contribution in [2.75, 3.05) is 6.54 Å². The van der Waals surface area contributed by atoms with E-state index in [1.165, 1.54) is 5.56 Å². The van der Waals surface area contributed by atoms with E-state index in [0.717, 1.165) is 41.4 Å². The van der Waals surface area contributed by atoms with Crippen LogP contribution in [0.25, 0.3) is 11.3 Å². The first-order valence-corrected chi connectivity index (χ1v) is 8.29. The maximum atomic E-state index is 5.83. The van der Waals surface area contributed by atoms with Gasteiger partial charge in [-0.15, -0.1) is 0 Å². The number of ether oxygens (including phenoxy) is 1. The molecule has 0 spiro atoms. The van der Waals surface area contributed by atoms with Crippen molar-refractivity contribution in [2.24, 2.45) is 0 Å². The molecule has 124 valence electrons. The maximum Gasteiger partial charge on any atom is 0.119 e. The Balaban J connectivity index is 1.67. The molecule has 0 fully saturated rings. The van der Waals surface area contributed by atoms with Crippen molar-refractivity contribution in [3.8, 4) is 17.0 Å². The van der Waals surface area contributed by atoms with Crippen LogP contribution in [0, 0.1) is 6.92 Å². The molecule has 0 unspecified atom stereocenters. The Morgan fingerprint density at radius 3 is 2.50 bits per heavy atom. The Bertz CT molecular complexity index is 763. The lowest BCUT2D eigenvalue weighted by atomic mass is 10.1. The van der Waals surface area contributed by atoms with Crippen LogP contribution in [0.1, 0.15) is 23.7 Å². The van der Waals surface area contributed by atoms with Crippen LogP contribution in [0.5, 0.6) is 5.75 Å². The molecule has 0 saturated carbocycles. The number of hydrogen-bond acceptors (Lipinski definition) is 3. The number of aromatic amines is 1. The molecule has 4 nitrogen and oxygen atoms in total. The minimum atomic E-state index is 0.578. The average molecular weight is 321 g/mol. The summed E-state index contributed by atoms with van der Waals surface area (Å²) in [7, 11) is 0. The first-order chi connectivity index (χ1) is 11.8.